The zero-order valence-corrected chi connectivity index (χ0v) is 17.1. The summed E-state index contributed by atoms with van der Waals surface area (Å²) in [7, 11) is 1.62. The van der Waals surface area contributed by atoms with E-state index < -0.39 is 0 Å². The number of amides is 1. The van der Waals surface area contributed by atoms with Crippen LogP contribution in [0.1, 0.15) is 35.9 Å². The van der Waals surface area contributed by atoms with Crippen molar-refractivity contribution in [3.05, 3.63) is 71.9 Å². The molecule has 6 nitrogen and oxygen atoms in total. The molecule has 1 atom stereocenters. The maximum absolute atomic E-state index is 12.7. The van der Waals surface area contributed by atoms with Gasteiger partial charge >= 0.3 is 0 Å². The fourth-order valence-electron chi connectivity index (χ4n) is 3.35. The summed E-state index contributed by atoms with van der Waals surface area (Å²) in [5.74, 6) is 1.05. The molecule has 0 radical (unpaired) electrons. The van der Waals surface area contributed by atoms with E-state index >= 15 is 0 Å². The number of hydrogen-bond acceptors (Lipinski definition) is 5. The number of methoxy groups -OCH3 is 1. The van der Waals surface area contributed by atoms with Gasteiger partial charge in [0, 0.05) is 18.2 Å². The van der Waals surface area contributed by atoms with Crippen LogP contribution in [0.3, 0.4) is 0 Å². The molecule has 1 N–H and O–H groups in total. The zero-order chi connectivity index (χ0) is 20.6. The van der Waals surface area contributed by atoms with Gasteiger partial charge < -0.3 is 14.6 Å². The highest BCUT2D eigenvalue weighted by Crippen LogP contribution is 2.23. The van der Waals surface area contributed by atoms with E-state index in [2.05, 4.69) is 41.4 Å². The number of nitrogens with zero attached hydrogens (tertiary/aromatic N) is 2. The second kappa shape index (κ2) is 9.89. The van der Waals surface area contributed by atoms with Gasteiger partial charge in [0.05, 0.1) is 13.2 Å². The summed E-state index contributed by atoms with van der Waals surface area (Å²) in [5, 5.41) is 6.95. The average Bonchev–Trinajstić information content (AvgIpc) is 3.27. The molecule has 1 unspecified atom stereocenters. The molecular weight excluding hydrogens is 366 g/mol. The van der Waals surface area contributed by atoms with E-state index in [1.807, 2.05) is 42.5 Å². The molecule has 1 amide bonds. The van der Waals surface area contributed by atoms with Gasteiger partial charge in [0.1, 0.15) is 5.75 Å². The second-order valence-electron chi connectivity index (χ2n) is 6.66. The van der Waals surface area contributed by atoms with Crippen molar-refractivity contribution in [1.29, 1.82) is 0 Å². The lowest BCUT2D eigenvalue weighted by Crippen LogP contribution is -2.38. The fourth-order valence-corrected chi connectivity index (χ4v) is 3.35. The molecule has 0 fully saturated rings. The largest absolute Gasteiger partial charge is 0.497 e. The molecular formula is C23H27N3O3. The summed E-state index contributed by atoms with van der Waals surface area (Å²) in [6.45, 7) is 6.55. The molecule has 3 rings (SSSR count). The Balaban J connectivity index is 1.69. The predicted octanol–water partition coefficient (Wildman–Crippen LogP) is 4.16. The molecule has 1 heterocycles. The molecule has 0 aliphatic rings. The number of carbonyl (C=O) groups excluding carboxylic acids is 1. The van der Waals surface area contributed by atoms with Crippen molar-refractivity contribution < 1.29 is 14.1 Å². The molecule has 0 saturated carbocycles. The van der Waals surface area contributed by atoms with Gasteiger partial charge in [0.15, 0.2) is 11.5 Å². The van der Waals surface area contributed by atoms with Gasteiger partial charge in [-0.3, -0.25) is 9.69 Å². The molecule has 0 bridgehead atoms. The Hall–Kier alpha value is -3.12. The molecule has 29 heavy (non-hydrogen) atoms. The molecule has 0 aliphatic heterocycles. The van der Waals surface area contributed by atoms with Crippen LogP contribution in [0.2, 0.25) is 0 Å². The molecule has 0 aliphatic carbocycles. The van der Waals surface area contributed by atoms with Gasteiger partial charge in [-0.1, -0.05) is 49.3 Å². The van der Waals surface area contributed by atoms with Crippen LogP contribution >= 0.6 is 0 Å². The molecule has 2 aromatic carbocycles. The van der Waals surface area contributed by atoms with Gasteiger partial charge in [-0.2, -0.15) is 0 Å². The first-order valence-corrected chi connectivity index (χ1v) is 9.84. The summed E-state index contributed by atoms with van der Waals surface area (Å²) >= 11 is 0. The molecule has 0 saturated heterocycles. The van der Waals surface area contributed by atoms with Crippen molar-refractivity contribution in [2.75, 3.05) is 26.7 Å². The minimum atomic E-state index is -0.249. The summed E-state index contributed by atoms with van der Waals surface area (Å²) in [4.78, 5) is 15.0. The van der Waals surface area contributed by atoms with Crippen LogP contribution < -0.4 is 10.1 Å². The normalized spacial score (nSPS) is 12.0. The highest BCUT2D eigenvalue weighted by atomic mass is 16.5. The monoisotopic (exact) mass is 393 g/mol. The Morgan fingerprint density at radius 2 is 1.79 bits per heavy atom. The second-order valence-corrected chi connectivity index (χ2v) is 6.66. The van der Waals surface area contributed by atoms with Crippen molar-refractivity contribution in [3.8, 4) is 17.1 Å². The van der Waals surface area contributed by atoms with E-state index in [0.717, 1.165) is 24.4 Å². The quantitative estimate of drug-likeness (QED) is 0.591. The Morgan fingerprint density at radius 3 is 2.41 bits per heavy atom. The van der Waals surface area contributed by atoms with Crippen molar-refractivity contribution in [3.63, 3.8) is 0 Å². The van der Waals surface area contributed by atoms with E-state index in [9.17, 15) is 4.79 Å². The lowest BCUT2D eigenvalue weighted by atomic mass is 10.0. The summed E-state index contributed by atoms with van der Waals surface area (Å²) < 4.78 is 10.5. The predicted molar refractivity (Wildman–Crippen MR) is 113 cm³/mol. The van der Waals surface area contributed by atoms with Gasteiger partial charge in [0.2, 0.25) is 0 Å². The van der Waals surface area contributed by atoms with Crippen molar-refractivity contribution >= 4 is 5.91 Å². The van der Waals surface area contributed by atoms with Gasteiger partial charge in [-0.05, 0) is 42.9 Å². The molecule has 1 aromatic heterocycles. The zero-order valence-electron chi connectivity index (χ0n) is 17.1. The highest BCUT2D eigenvalue weighted by molar-refractivity contribution is 5.93. The van der Waals surface area contributed by atoms with E-state index in [1.54, 1.807) is 13.2 Å². The van der Waals surface area contributed by atoms with Crippen LogP contribution in [0.5, 0.6) is 5.75 Å². The number of likely N-dealkylation sites (N-methyl/N-ethyl adjacent to an activating group) is 1. The third-order valence-corrected chi connectivity index (χ3v) is 5.01. The molecule has 6 heteroatoms. The van der Waals surface area contributed by atoms with Gasteiger partial charge in [0.25, 0.3) is 5.91 Å². The fraction of sp³-hybridized carbons (Fsp3) is 0.304. The first kappa shape index (κ1) is 20.6. The van der Waals surface area contributed by atoms with Crippen LogP contribution in [0.4, 0.5) is 0 Å². The minimum Gasteiger partial charge on any atom is -0.497 e. The summed E-state index contributed by atoms with van der Waals surface area (Å²) in [6, 6.07) is 19.4. The third-order valence-electron chi connectivity index (χ3n) is 5.01. The van der Waals surface area contributed by atoms with Crippen LogP contribution in [-0.2, 0) is 0 Å². The smallest absolute Gasteiger partial charge is 0.273 e. The van der Waals surface area contributed by atoms with E-state index in [0.29, 0.717) is 12.3 Å². The lowest BCUT2D eigenvalue weighted by Gasteiger charge is -2.30. The summed E-state index contributed by atoms with van der Waals surface area (Å²) in [5.41, 5.74) is 2.28. The van der Waals surface area contributed by atoms with Crippen LogP contribution in [0, 0.1) is 0 Å². The Morgan fingerprint density at radius 1 is 1.10 bits per heavy atom. The van der Waals surface area contributed by atoms with E-state index in [4.69, 9.17) is 9.26 Å². The number of carbonyl (C=O) groups is 1. The topological polar surface area (TPSA) is 67.6 Å². The Kier molecular flexibility index (Phi) is 7.03. The van der Waals surface area contributed by atoms with Gasteiger partial charge in [-0.25, -0.2) is 0 Å². The first-order valence-electron chi connectivity index (χ1n) is 9.84. The standard InChI is InChI=1S/C23H27N3O3/c1-4-26(5-2)21(17-9-7-6-8-10-17)16-24-23(27)20-15-22(29-25-20)18-11-13-19(28-3)14-12-18/h6-15,21H,4-5,16H2,1-3H3,(H,24,27). The Labute approximate surface area is 171 Å². The van der Waals surface area contributed by atoms with Crippen molar-refractivity contribution in [2.45, 2.75) is 19.9 Å². The third kappa shape index (κ3) is 5.03. The van der Waals surface area contributed by atoms with E-state index in [-0.39, 0.29) is 17.6 Å². The minimum absolute atomic E-state index is 0.100. The van der Waals surface area contributed by atoms with Crippen LogP contribution in [0.25, 0.3) is 11.3 Å². The van der Waals surface area contributed by atoms with Crippen LogP contribution in [0.15, 0.2) is 65.2 Å². The van der Waals surface area contributed by atoms with Crippen molar-refractivity contribution in [2.24, 2.45) is 0 Å². The number of rotatable bonds is 9. The lowest BCUT2D eigenvalue weighted by molar-refractivity contribution is 0.0926. The number of aromatic nitrogens is 1. The maximum atomic E-state index is 12.7. The van der Waals surface area contributed by atoms with Gasteiger partial charge in [-0.15, -0.1) is 0 Å². The summed E-state index contributed by atoms with van der Waals surface area (Å²) in [6.07, 6.45) is 0. The number of ether oxygens (including phenoxy) is 1. The highest BCUT2D eigenvalue weighted by Gasteiger charge is 2.20. The average molecular weight is 393 g/mol. The number of hydrogen-bond donors (Lipinski definition) is 1. The number of nitrogens with one attached hydrogen (secondary N) is 1. The maximum Gasteiger partial charge on any atom is 0.273 e. The van der Waals surface area contributed by atoms with Crippen LogP contribution in [-0.4, -0.2) is 42.7 Å². The first-order chi connectivity index (χ1) is 14.2. The Bertz CT molecular complexity index is 903. The SMILES string of the molecule is CCN(CC)C(CNC(=O)c1cc(-c2ccc(OC)cc2)on1)c1ccccc1. The number of benzene rings is 2. The molecule has 152 valence electrons. The molecule has 0 spiro atoms. The van der Waals surface area contributed by atoms with Crippen molar-refractivity contribution in [1.82, 2.24) is 15.4 Å². The molecule has 3 aromatic rings. The van der Waals surface area contributed by atoms with E-state index in [1.165, 1.54) is 5.56 Å².